The zero-order valence-electron chi connectivity index (χ0n) is 9.26. The highest BCUT2D eigenvalue weighted by Crippen LogP contribution is 2.19. The van der Waals surface area contributed by atoms with E-state index in [1.54, 1.807) is 11.3 Å². The largest absolute Gasteiger partial charge is 0.394 e. The SMILES string of the molecule is O=C(CCc1cccs1)N1CCC[C@H]1CO. The first kappa shape index (κ1) is 11.6. The summed E-state index contributed by atoms with van der Waals surface area (Å²) in [6.45, 7) is 0.916. The molecule has 0 aliphatic carbocycles. The molecular weight excluding hydrogens is 222 g/mol. The Morgan fingerprint density at radius 3 is 3.19 bits per heavy atom. The van der Waals surface area contributed by atoms with Crippen LogP contribution in [0, 0.1) is 0 Å². The van der Waals surface area contributed by atoms with E-state index in [1.807, 2.05) is 16.3 Å². The second kappa shape index (κ2) is 5.46. The molecule has 3 nitrogen and oxygen atoms in total. The highest BCUT2D eigenvalue weighted by atomic mass is 32.1. The maximum Gasteiger partial charge on any atom is 0.223 e. The lowest BCUT2D eigenvalue weighted by Crippen LogP contribution is -2.37. The second-order valence-electron chi connectivity index (χ2n) is 4.15. The van der Waals surface area contributed by atoms with Gasteiger partial charge in [0.15, 0.2) is 0 Å². The molecule has 0 saturated carbocycles. The number of aliphatic hydroxyl groups excluding tert-OH is 1. The Bertz CT molecular complexity index is 337. The van der Waals surface area contributed by atoms with Crippen molar-refractivity contribution < 1.29 is 9.90 Å². The second-order valence-corrected chi connectivity index (χ2v) is 5.18. The van der Waals surface area contributed by atoms with Crippen LogP contribution < -0.4 is 0 Å². The van der Waals surface area contributed by atoms with Gasteiger partial charge in [0, 0.05) is 17.8 Å². The fourth-order valence-corrected chi connectivity index (χ4v) is 2.89. The normalized spacial score (nSPS) is 20.3. The summed E-state index contributed by atoms with van der Waals surface area (Å²) >= 11 is 1.69. The number of aliphatic hydroxyl groups is 1. The average Bonchev–Trinajstić information content (AvgIpc) is 2.96. The lowest BCUT2D eigenvalue weighted by molar-refractivity contribution is -0.132. The van der Waals surface area contributed by atoms with E-state index in [0.717, 1.165) is 25.8 Å². The highest BCUT2D eigenvalue weighted by Gasteiger charge is 2.27. The van der Waals surface area contributed by atoms with E-state index < -0.39 is 0 Å². The molecule has 0 unspecified atom stereocenters. The van der Waals surface area contributed by atoms with E-state index in [1.165, 1.54) is 4.88 Å². The zero-order chi connectivity index (χ0) is 11.4. The molecule has 1 aliphatic rings. The molecule has 0 spiro atoms. The molecule has 1 aromatic heterocycles. The van der Waals surface area contributed by atoms with Gasteiger partial charge in [-0.3, -0.25) is 4.79 Å². The molecule has 1 atom stereocenters. The van der Waals surface area contributed by atoms with Crippen molar-refractivity contribution >= 4 is 17.2 Å². The molecule has 1 amide bonds. The van der Waals surface area contributed by atoms with E-state index in [-0.39, 0.29) is 18.6 Å². The number of hydrogen-bond donors (Lipinski definition) is 1. The molecule has 4 heteroatoms. The van der Waals surface area contributed by atoms with Crippen molar-refractivity contribution in [3.8, 4) is 0 Å². The van der Waals surface area contributed by atoms with Crippen molar-refractivity contribution in [2.24, 2.45) is 0 Å². The molecule has 0 aromatic carbocycles. The molecule has 1 aromatic rings. The summed E-state index contributed by atoms with van der Waals surface area (Å²) in [5, 5.41) is 11.2. The number of rotatable bonds is 4. The van der Waals surface area contributed by atoms with Crippen LogP contribution >= 0.6 is 11.3 Å². The molecule has 2 rings (SSSR count). The van der Waals surface area contributed by atoms with Crippen molar-refractivity contribution in [3.63, 3.8) is 0 Å². The average molecular weight is 239 g/mol. The standard InChI is InChI=1S/C12H17NO2S/c14-9-10-3-1-7-13(10)12(15)6-5-11-4-2-8-16-11/h2,4,8,10,14H,1,3,5-7,9H2/t10-/m0/s1. The van der Waals surface area contributed by atoms with Gasteiger partial charge in [0.1, 0.15) is 0 Å². The van der Waals surface area contributed by atoms with Gasteiger partial charge in [-0.15, -0.1) is 11.3 Å². The summed E-state index contributed by atoms with van der Waals surface area (Å²) < 4.78 is 0. The number of thiophene rings is 1. The van der Waals surface area contributed by atoms with Crippen LogP contribution in [0.1, 0.15) is 24.1 Å². The zero-order valence-corrected chi connectivity index (χ0v) is 10.1. The van der Waals surface area contributed by atoms with Crippen molar-refractivity contribution in [1.29, 1.82) is 0 Å². The van der Waals surface area contributed by atoms with Gasteiger partial charge in [0.05, 0.1) is 12.6 Å². The fourth-order valence-electron chi connectivity index (χ4n) is 2.18. The number of hydrogen-bond acceptors (Lipinski definition) is 3. The first-order valence-corrected chi connectivity index (χ1v) is 6.62. The van der Waals surface area contributed by atoms with E-state index in [9.17, 15) is 4.79 Å². The Hall–Kier alpha value is -0.870. The van der Waals surface area contributed by atoms with Gasteiger partial charge in [-0.25, -0.2) is 0 Å². The van der Waals surface area contributed by atoms with E-state index in [4.69, 9.17) is 5.11 Å². The van der Waals surface area contributed by atoms with Gasteiger partial charge in [0.25, 0.3) is 0 Å². The van der Waals surface area contributed by atoms with Crippen LogP contribution in [0.4, 0.5) is 0 Å². The van der Waals surface area contributed by atoms with E-state index in [2.05, 4.69) is 6.07 Å². The summed E-state index contributed by atoms with van der Waals surface area (Å²) in [7, 11) is 0. The summed E-state index contributed by atoms with van der Waals surface area (Å²) in [4.78, 5) is 15.0. The van der Waals surface area contributed by atoms with Gasteiger partial charge in [-0.05, 0) is 30.7 Å². The molecule has 1 saturated heterocycles. The number of aryl methyl sites for hydroxylation is 1. The van der Waals surface area contributed by atoms with Crippen LogP contribution in [0.25, 0.3) is 0 Å². The van der Waals surface area contributed by atoms with Crippen LogP contribution in [0.2, 0.25) is 0 Å². The smallest absolute Gasteiger partial charge is 0.223 e. The fraction of sp³-hybridized carbons (Fsp3) is 0.583. The van der Waals surface area contributed by atoms with Crippen LogP contribution in [-0.4, -0.2) is 35.1 Å². The summed E-state index contributed by atoms with van der Waals surface area (Å²) in [5.74, 6) is 0.185. The first-order chi connectivity index (χ1) is 7.81. The maximum absolute atomic E-state index is 11.9. The minimum atomic E-state index is 0.0656. The molecule has 1 fully saturated rings. The number of nitrogens with zero attached hydrogens (tertiary/aromatic N) is 1. The summed E-state index contributed by atoms with van der Waals surface area (Å²) in [5.41, 5.74) is 0. The van der Waals surface area contributed by atoms with Crippen LogP contribution in [0.15, 0.2) is 17.5 Å². The van der Waals surface area contributed by atoms with Crippen molar-refractivity contribution in [1.82, 2.24) is 4.90 Å². The number of likely N-dealkylation sites (tertiary alicyclic amines) is 1. The number of carbonyl (C=O) groups is 1. The van der Waals surface area contributed by atoms with E-state index in [0.29, 0.717) is 6.42 Å². The summed E-state index contributed by atoms with van der Waals surface area (Å²) in [6, 6.07) is 4.14. The van der Waals surface area contributed by atoms with Crippen molar-refractivity contribution in [2.75, 3.05) is 13.2 Å². The molecule has 2 heterocycles. The van der Waals surface area contributed by atoms with Crippen molar-refractivity contribution in [3.05, 3.63) is 22.4 Å². The quantitative estimate of drug-likeness (QED) is 0.868. The van der Waals surface area contributed by atoms with Crippen LogP contribution in [0.5, 0.6) is 0 Å². The minimum Gasteiger partial charge on any atom is -0.394 e. The Kier molecular flexibility index (Phi) is 3.96. The maximum atomic E-state index is 11.9. The third-order valence-electron chi connectivity index (χ3n) is 3.07. The minimum absolute atomic E-state index is 0.0656. The molecule has 1 aliphatic heterocycles. The first-order valence-electron chi connectivity index (χ1n) is 5.74. The van der Waals surface area contributed by atoms with Gasteiger partial charge < -0.3 is 10.0 Å². The molecule has 1 N–H and O–H groups in total. The van der Waals surface area contributed by atoms with E-state index >= 15 is 0 Å². The molecule has 0 bridgehead atoms. The third-order valence-corrected chi connectivity index (χ3v) is 4.01. The Morgan fingerprint density at radius 1 is 1.62 bits per heavy atom. The van der Waals surface area contributed by atoms with Gasteiger partial charge in [-0.1, -0.05) is 6.07 Å². The van der Waals surface area contributed by atoms with Gasteiger partial charge in [0.2, 0.25) is 5.91 Å². The van der Waals surface area contributed by atoms with Crippen LogP contribution in [0.3, 0.4) is 0 Å². The van der Waals surface area contributed by atoms with Gasteiger partial charge >= 0.3 is 0 Å². The predicted molar refractivity (Wildman–Crippen MR) is 64.5 cm³/mol. The Balaban J connectivity index is 1.83. The lowest BCUT2D eigenvalue weighted by atomic mass is 10.2. The Labute approximate surface area is 99.7 Å². The van der Waals surface area contributed by atoms with Crippen LogP contribution in [-0.2, 0) is 11.2 Å². The molecule has 16 heavy (non-hydrogen) atoms. The highest BCUT2D eigenvalue weighted by molar-refractivity contribution is 7.09. The van der Waals surface area contributed by atoms with Gasteiger partial charge in [-0.2, -0.15) is 0 Å². The Morgan fingerprint density at radius 2 is 2.50 bits per heavy atom. The molecular formula is C12H17NO2S. The molecule has 0 radical (unpaired) electrons. The predicted octanol–water partition coefficient (Wildman–Crippen LogP) is 1.66. The summed E-state index contributed by atoms with van der Waals surface area (Å²) in [6.07, 6.45) is 3.36. The number of carbonyl (C=O) groups excluding carboxylic acids is 1. The number of amides is 1. The molecule has 88 valence electrons. The topological polar surface area (TPSA) is 40.5 Å². The third kappa shape index (κ3) is 2.62. The lowest BCUT2D eigenvalue weighted by Gasteiger charge is -2.22. The van der Waals surface area contributed by atoms with Crippen molar-refractivity contribution in [2.45, 2.75) is 31.7 Å². The monoisotopic (exact) mass is 239 g/mol.